The molecule has 5 heteroatoms. The van der Waals surface area contributed by atoms with Crippen LogP contribution < -0.4 is 5.32 Å². The first-order valence-electron chi connectivity index (χ1n) is 4.09. The number of aromatic nitrogens is 2. The molecule has 0 radical (unpaired) electrons. The summed E-state index contributed by atoms with van der Waals surface area (Å²) in [6.07, 6.45) is 2.00. The molecule has 1 aromatic heterocycles. The third-order valence-electron chi connectivity index (χ3n) is 1.59. The predicted molar refractivity (Wildman–Crippen MR) is 47.2 cm³/mol. The van der Waals surface area contributed by atoms with Crippen LogP contribution in [-0.4, -0.2) is 27.4 Å². The van der Waals surface area contributed by atoms with Crippen molar-refractivity contribution >= 4 is 5.97 Å². The van der Waals surface area contributed by atoms with Gasteiger partial charge in [-0.05, 0) is 6.07 Å². The quantitative estimate of drug-likeness (QED) is 0.630. The minimum absolute atomic E-state index is 0.146. The van der Waals surface area contributed by atoms with E-state index in [9.17, 15) is 4.79 Å². The molecule has 2 N–H and O–H groups in total. The van der Waals surface area contributed by atoms with E-state index in [1.165, 1.54) is 0 Å². The average molecular weight is 183 g/mol. The number of hydrogen-bond donors (Lipinski definition) is 2. The Morgan fingerprint density at radius 3 is 3.08 bits per heavy atom. The van der Waals surface area contributed by atoms with Crippen molar-refractivity contribution in [3.63, 3.8) is 0 Å². The lowest BCUT2D eigenvalue weighted by molar-refractivity contribution is -0.136. The van der Waals surface area contributed by atoms with Gasteiger partial charge in [-0.1, -0.05) is 0 Å². The van der Waals surface area contributed by atoms with Crippen LogP contribution in [0.15, 0.2) is 12.3 Å². The van der Waals surface area contributed by atoms with Crippen LogP contribution in [0.5, 0.6) is 0 Å². The number of hydrogen-bond acceptors (Lipinski definition) is 3. The second kappa shape index (κ2) is 4.61. The standard InChI is InChI=1S/C8H13N3O2/c1-11-5-3-7(10-11)6-9-4-2-8(12)13/h3,5,9H,2,4,6H2,1H3,(H,12,13). The molecule has 0 spiro atoms. The second-order valence-corrected chi connectivity index (χ2v) is 2.80. The molecule has 0 bridgehead atoms. The summed E-state index contributed by atoms with van der Waals surface area (Å²) < 4.78 is 1.72. The number of carbonyl (C=O) groups is 1. The summed E-state index contributed by atoms with van der Waals surface area (Å²) in [5.41, 5.74) is 0.924. The van der Waals surface area contributed by atoms with E-state index < -0.39 is 5.97 Å². The Hall–Kier alpha value is -1.36. The molecule has 0 aliphatic heterocycles. The number of carboxylic acids is 1. The van der Waals surface area contributed by atoms with Gasteiger partial charge in [-0.3, -0.25) is 9.48 Å². The van der Waals surface area contributed by atoms with Crippen molar-refractivity contribution in [2.75, 3.05) is 6.54 Å². The summed E-state index contributed by atoms with van der Waals surface area (Å²) in [7, 11) is 1.85. The highest BCUT2D eigenvalue weighted by Crippen LogP contribution is 1.92. The molecule has 13 heavy (non-hydrogen) atoms. The van der Waals surface area contributed by atoms with E-state index in [0.717, 1.165) is 5.69 Å². The van der Waals surface area contributed by atoms with E-state index >= 15 is 0 Å². The van der Waals surface area contributed by atoms with Crippen LogP contribution >= 0.6 is 0 Å². The fourth-order valence-electron chi connectivity index (χ4n) is 0.969. The predicted octanol–water partition coefficient (Wildman–Crippen LogP) is -0.0156. The Bertz CT molecular complexity index is 283. The van der Waals surface area contributed by atoms with Gasteiger partial charge in [0.05, 0.1) is 12.1 Å². The lowest BCUT2D eigenvalue weighted by atomic mass is 10.4. The van der Waals surface area contributed by atoms with Gasteiger partial charge >= 0.3 is 5.97 Å². The van der Waals surface area contributed by atoms with Crippen molar-refractivity contribution < 1.29 is 9.90 Å². The minimum atomic E-state index is -0.784. The monoisotopic (exact) mass is 183 g/mol. The Morgan fingerprint density at radius 2 is 2.54 bits per heavy atom. The molecule has 0 saturated heterocycles. The van der Waals surface area contributed by atoms with E-state index in [1.807, 2.05) is 19.3 Å². The molecule has 1 rings (SSSR count). The Morgan fingerprint density at radius 1 is 1.77 bits per heavy atom. The third-order valence-corrected chi connectivity index (χ3v) is 1.59. The van der Waals surface area contributed by atoms with E-state index in [4.69, 9.17) is 5.11 Å². The van der Waals surface area contributed by atoms with Crippen LogP contribution in [0.1, 0.15) is 12.1 Å². The van der Waals surface area contributed by atoms with Crippen LogP contribution in [0.25, 0.3) is 0 Å². The zero-order chi connectivity index (χ0) is 9.68. The van der Waals surface area contributed by atoms with Crippen LogP contribution in [0, 0.1) is 0 Å². The fourth-order valence-corrected chi connectivity index (χ4v) is 0.969. The number of nitrogens with zero attached hydrogens (tertiary/aromatic N) is 2. The Kier molecular flexibility index (Phi) is 3.45. The number of rotatable bonds is 5. The molecule has 5 nitrogen and oxygen atoms in total. The first-order valence-corrected chi connectivity index (χ1v) is 4.09. The smallest absolute Gasteiger partial charge is 0.304 e. The lowest BCUT2D eigenvalue weighted by Crippen LogP contribution is -2.17. The molecule has 0 fully saturated rings. The van der Waals surface area contributed by atoms with Crippen LogP contribution in [0.3, 0.4) is 0 Å². The first-order chi connectivity index (χ1) is 6.18. The van der Waals surface area contributed by atoms with Gasteiger partial charge in [0.2, 0.25) is 0 Å². The van der Waals surface area contributed by atoms with Crippen molar-refractivity contribution in [2.24, 2.45) is 7.05 Å². The summed E-state index contributed by atoms with van der Waals surface area (Å²) >= 11 is 0. The van der Waals surface area contributed by atoms with Crippen LogP contribution in [0.4, 0.5) is 0 Å². The minimum Gasteiger partial charge on any atom is -0.481 e. The van der Waals surface area contributed by atoms with Gasteiger partial charge in [0.25, 0.3) is 0 Å². The molecule has 0 unspecified atom stereocenters. The number of aliphatic carboxylic acids is 1. The topological polar surface area (TPSA) is 67.2 Å². The van der Waals surface area contributed by atoms with Crippen molar-refractivity contribution in [3.8, 4) is 0 Å². The van der Waals surface area contributed by atoms with Crippen LogP contribution in [0.2, 0.25) is 0 Å². The van der Waals surface area contributed by atoms with Crippen molar-refractivity contribution in [2.45, 2.75) is 13.0 Å². The molecule has 0 amide bonds. The highest BCUT2D eigenvalue weighted by atomic mass is 16.4. The van der Waals surface area contributed by atoms with Gasteiger partial charge in [-0.2, -0.15) is 5.10 Å². The van der Waals surface area contributed by atoms with Crippen molar-refractivity contribution in [1.29, 1.82) is 0 Å². The van der Waals surface area contributed by atoms with Crippen molar-refractivity contribution in [1.82, 2.24) is 15.1 Å². The molecule has 0 aliphatic rings. The molecule has 72 valence electrons. The SMILES string of the molecule is Cn1ccc(CNCCC(=O)O)n1. The van der Waals surface area contributed by atoms with E-state index in [-0.39, 0.29) is 6.42 Å². The van der Waals surface area contributed by atoms with Crippen LogP contribution in [-0.2, 0) is 18.4 Å². The Labute approximate surface area is 76.4 Å². The molecule has 0 saturated carbocycles. The molecular formula is C8H13N3O2. The second-order valence-electron chi connectivity index (χ2n) is 2.80. The zero-order valence-electron chi connectivity index (χ0n) is 7.53. The highest BCUT2D eigenvalue weighted by Gasteiger charge is 1.97. The molecule has 1 aromatic rings. The summed E-state index contributed by atoms with van der Waals surface area (Å²) in [5.74, 6) is -0.784. The molecule has 0 aromatic carbocycles. The van der Waals surface area contributed by atoms with Gasteiger partial charge in [0, 0.05) is 26.3 Å². The highest BCUT2D eigenvalue weighted by molar-refractivity contribution is 5.66. The summed E-state index contributed by atoms with van der Waals surface area (Å²) in [6.45, 7) is 1.10. The third kappa shape index (κ3) is 3.71. The summed E-state index contributed by atoms with van der Waals surface area (Å²) in [4.78, 5) is 10.2. The van der Waals surface area contributed by atoms with Crippen molar-refractivity contribution in [3.05, 3.63) is 18.0 Å². The maximum Gasteiger partial charge on any atom is 0.304 e. The molecular weight excluding hydrogens is 170 g/mol. The normalized spacial score (nSPS) is 10.2. The number of aryl methyl sites for hydroxylation is 1. The molecule has 1 heterocycles. The van der Waals surface area contributed by atoms with Gasteiger partial charge in [-0.15, -0.1) is 0 Å². The zero-order valence-corrected chi connectivity index (χ0v) is 7.53. The summed E-state index contributed by atoms with van der Waals surface area (Å²) in [5, 5.41) is 15.5. The van der Waals surface area contributed by atoms with E-state index in [1.54, 1.807) is 4.68 Å². The lowest BCUT2D eigenvalue weighted by Gasteiger charge is -1.98. The van der Waals surface area contributed by atoms with Gasteiger partial charge in [-0.25, -0.2) is 0 Å². The van der Waals surface area contributed by atoms with Gasteiger partial charge in [0.15, 0.2) is 0 Å². The molecule has 0 atom stereocenters. The molecule has 0 aliphatic carbocycles. The number of nitrogens with one attached hydrogen (secondary N) is 1. The van der Waals surface area contributed by atoms with E-state index in [2.05, 4.69) is 10.4 Å². The largest absolute Gasteiger partial charge is 0.481 e. The average Bonchev–Trinajstić information content (AvgIpc) is 2.45. The maximum atomic E-state index is 10.2. The fraction of sp³-hybridized carbons (Fsp3) is 0.500. The van der Waals surface area contributed by atoms with Gasteiger partial charge < -0.3 is 10.4 Å². The number of carboxylic acid groups (broad SMARTS) is 1. The van der Waals surface area contributed by atoms with Gasteiger partial charge in [0.1, 0.15) is 0 Å². The maximum absolute atomic E-state index is 10.2. The summed E-state index contributed by atoms with van der Waals surface area (Å²) in [6, 6.07) is 1.90. The Balaban J connectivity index is 2.16. The van der Waals surface area contributed by atoms with E-state index in [0.29, 0.717) is 13.1 Å². The first kappa shape index (κ1) is 9.73.